The van der Waals surface area contributed by atoms with E-state index in [1.165, 1.54) is 0 Å². The van der Waals surface area contributed by atoms with Crippen LogP contribution in [0.1, 0.15) is 12.0 Å². The van der Waals surface area contributed by atoms with Crippen molar-refractivity contribution >= 4 is 5.91 Å². The summed E-state index contributed by atoms with van der Waals surface area (Å²) in [5, 5.41) is 0. The fraction of sp³-hybridized carbons (Fsp3) is 0.417. The van der Waals surface area contributed by atoms with Crippen molar-refractivity contribution in [1.29, 1.82) is 0 Å². The van der Waals surface area contributed by atoms with Crippen LogP contribution in [0, 0.1) is 0 Å². The van der Waals surface area contributed by atoms with Gasteiger partial charge in [0.15, 0.2) is 6.17 Å². The van der Waals surface area contributed by atoms with E-state index in [0.29, 0.717) is 10.5 Å². The fourth-order valence-corrected chi connectivity index (χ4v) is 2.04. The molecule has 1 amide bonds. The third kappa shape index (κ3) is 2.47. The van der Waals surface area contributed by atoms with Crippen LogP contribution < -0.4 is 0 Å². The predicted octanol–water partition coefficient (Wildman–Crippen LogP) is 2.69. The minimum atomic E-state index is -4.59. The van der Waals surface area contributed by atoms with E-state index in [0.717, 1.165) is 0 Å². The topological polar surface area (TPSA) is 20.3 Å². The number of amides is 1. The molecule has 1 aliphatic rings. The van der Waals surface area contributed by atoms with Crippen LogP contribution in [0.15, 0.2) is 30.3 Å². The van der Waals surface area contributed by atoms with E-state index in [1.807, 2.05) is 0 Å². The minimum Gasteiger partial charge on any atom is -0.324 e. The normalized spacial score (nSPS) is 24.7. The van der Waals surface area contributed by atoms with Gasteiger partial charge in [-0.15, -0.1) is 0 Å². The number of nitrogens with zero attached hydrogens (tertiary/aromatic N) is 1. The van der Waals surface area contributed by atoms with E-state index >= 15 is 0 Å². The highest BCUT2D eigenvalue weighted by Gasteiger charge is 2.53. The predicted molar refractivity (Wildman–Crippen MR) is 56.3 cm³/mol. The molecule has 1 unspecified atom stereocenters. The summed E-state index contributed by atoms with van der Waals surface area (Å²) in [6.07, 6.45) is -7.46. The molecule has 0 saturated carbocycles. The molecule has 1 aromatic rings. The van der Waals surface area contributed by atoms with Crippen molar-refractivity contribution < 1.29 is 22.4 Å². The standard InChI is InChI=1S/C12H11F4NO/c13-9-6-10(12(14,15)16)17(11(9)18)7-8-4-2-1-3-5-8/h1-5,9-10H,6-7H2/t9?,10-/m1/s1. The second kappa shape index (κ2) is 4.59. The van der Waals surface area contributed by atoms with Gasteiger partial charge in [0.25, 0.3) is 5.91 Å². The monoisotopic (exact) mass is 261 g/mol. The van der Waals surface area contributed by atoms with Crippen LogP contribution in [0.4, 0.5) is 17.6 Å². The number of likely N-dealkylation sites (tertiary alicyclic amines) is 1. The lowest BCUT2D eigenvalue weighted by Gasteiger charge is -2.26. The van der Waals surface area contributed by atoms with E-state index in [2.05, 4.69) is 0 Å². The molecule has 0 aromatic heterocycles. The summed E-state index contributed by atoms with van der Waals surface area (Å²) < 4.78 is 51.3. The molecule has 0 spiro atoms. The van der Waals surface area contributed by atoms with Crippen molar-refractivity contribution in [2.24, 2.45) is 0 Å². The van der Waals surface area contributed by atoms with Crippen LogP contribution in [0.3, 0.4) is 0 Å². The number of hydrogen-bond acceptors (Lipinski definition) is 1. The van der Waals surface area contributed by atoms with Crippen LogP contribution in [-0.4, -0.2) is 29.2 Å². The van der Waals surface area contributed by atoms with Crippen molar-refractivity contribution in [1.82, 2.24) is 4.90 Å². The average molecular weight is 261 g/mol. The van der Waals surface area contributed by atoms with Crippen LogP contribution >= 0.6 is 0 Å². The number of carbonyl (C=O) groups excluding carboxylic acids is 1. The Morgan fingerprint density at radius 3 is 2.39 bits per heavy atom. The summed E-state index contributed by atoms with van der Waals surface area (Å²) in [6.45, 7) is -0.218. The summed E-state index contributed by atoms with van der Waals surface area (Å²) in [4.78, 5) is 12.0. The highest BCUT2D eigenvalue weighted by atomic mass is 19.4. The van der Waals surface area contributed by atoms with Crippen LogP contribution in [0.25, 0.3) is 0 Å². The second-order valence-electron chi connectivity index (χ2n) is 4.21. The summed E-state index contributed by atoms with van der Waals surface area (Å²) in [5.74, 6) is -1.08. The van der Waals surface area contributed by atoms with E-state index < -0.39 is 30.7 Å². The molecule has 18 heavy (non-hydrogen) atoms. The zero-order valence-corrected chi connectivity index (χ0v) is 9.32. The van der Waals surface area contributed by atoms with E-state index in [4.69, 9.17) is 0 Å². The van der Waals surface area contributed by atoms with Gasteiger partial charge in [-0.2, -0.15) is 13.2 Å². The minimum absolute atomic E-state index is 0.218. The van der Waals surface area contributed by atoms with Crippen molar-refractivity contribution in [3.8, 4) is 0 Å². The molecular formula is C12H11F4NO. The van der Waals surface area contributed by atoms with Crippen molar-refractivity contribution in [2.45, 2.75) is 31.4 Å². The van der Waals surface area contributed by atoms with Crippen LogP contribution in [0.2, 0.25) is 0 Å². The Hall–Kier alpha value is -1.59. The molecule has 0 bridgehead atoms. The van der Waals surface area contributed by atoms with Crippen molar-refractivity contribution in [3.63, 3.8) is 0 Å². The van der Waals surface area contributed by atoms with Gasteiger partial charge in [-0.05, 0) is 5.56 Å². The Labute approximate surface area is 101 Å². The molecule has 0 radical (unpaired) electrons. The first kappa shape index (κ1) is 12.9. The van der Waals surface area contributed by atoms with Gasteiger partial charge in [-0.3, -0.25) is 4.79 Å². The van der Waals surface area contributed by atoms with Gasteiger partial charge in [0, 0.05) is 13.0 Å². The number of halogens is 4. The van der Waals surface area contributed by atoms with Gasteiger partial charge in [-0.25, -0.2) is 4.39 Å². The lowest BCUT2D eigenvalue weighted by molar-refractivity contribution is -0.181. The first-order chi connectivity index (χ1) is 8.39. The number of carbonyl (C=O) groups is 1. The molecule has 1 aliphatic heterocycles. The Balaban J connectivity index is 2.20. The van der Waals surface area contributed by atoms with Gasteiger partial charge in [0.05, 0.1) is 0 Å². The van der Waals surface area contributed by atoms with Gasteiger partial charge in [0.2, 0.25) is 0 Å². The molecule has 1 saturated heterocycles. The van der Waals surface area contributed by atoms with Crippen molar-refractivity contribution in [3.05, 3.63) is 35.9 Å². The maximum absolute atomic E-state index is 13.2. The zero-order valence-electron chi connectivity index (χ0n) is 9.32. The van der Waals surface area contributed by atoms with E-state index in [1.54, 1.807) is 30.3 Å². The van der Waals surface area contributed by atoms with E-state index in [9.17, 15) is 22.4 Å². The molecular weight excluding hydrogens is 250 g/mol. The first-order valence-corrected chi connectivity index (χ1v) is 5.45. The maximum Gasteiger partial charge on any atom is 0.408 e. The molecule has 0 aliphatic carbocycles. The molecule has 0 N–H and O–H groups in total. The summed E-state index contributed by atoms with van der Waals surface area (Å²) in [7, 11) is 0. The largest absolute Gasteiger partial charge is 0.408 e. The Morgan fingerprint density at radius 1 is 1.22 bits per heavy atom. The Kier molecular flexibility index (Phi) is 3.28. The number of hydrogen-bond donors (Lipinski definition) is 0. The van der Waals surface area contributed by atoms with Crippen molar-refractivity contribution in [2.75, 3.05) is 0 Å². The third-order valence-corrected chi connectivity index (χ3v) is 2.93. The fourth-order valence-electron chi connectivity index (χ4n) is 2.04. The lowest BCUT2D eigenvalue weighted by atomic mass is 10.1. The summed E-state index contributed by atoms with van der Waals surface area (Å²) in [6, 6.07) is 6.21. The molecule has 98 valence electrons. The van der Waals surface area contributed by atoms with Gasteiger partial charge < -0.3 is 4.90 Å². The molecule has 1 aromatic carbocycles. The van der Waals surface area contributed by atoms with Crippen LogP contribution in [-0.2, 0) is 11.3 Å². The molecule has 2 atom stereocenters. The molecule has 1 fully saturated rings. The first-order valence-electron chi connectivity index (χ1n) is 5.45. The summed E-state index contributed by atoms with van der Waals surface area (Å²) in [5.41, 5.74) is 0.550. The van der Waals surface area contributed by atoms with E-state index in [-0.39, 0.29) is 6.54 Å². The van der Waals surface area contributed by atoms with Gasteiger partial charge in [0.1, 0.15) is 6.04 Å². The van der Waals surface area contributed by atoms with Crippen LogP contribution in [0.5, 0.6) is 0 Å². The van der Waals surface area contributed by atoms with Gasteiger partial charge >= 0.3 is 6.18 Å². The maximum atomic E-state index is 13.2. The highest BCUT2D eigenvalue weighted by molar-refractivity contribution is 5.83. The summed E-state index contributed by atoms with van der Waals surface area (Å²) >= 11 is 0. The lowest BCUT2D eigenvalue weighted by Crippen LogP contribution is -2.42. The number of benzene rings is 1. The second-order valence-corrected chi connectivity index (χ2v) is 4.21. The average Bonchev–Trinajstić information content (AvgIpc) is 2.58. The Bertz CT molecular complexity index is 431. The molecule has 2 nitrogen and oxygen atoms in total. The van der Waals surface area contributed by atoms with Gasteiger partial charge in [-0.1, -0.05) is 30.3 Å². The quantitative estimate of drug-likeness (QED) is 0.749. The number of alkyl halides is 4. The number of rotatable bonds is 2. The highest BCUT2D eigenvalue weighted by Crippen LogP contribution is 2.35. The zero-order chi connectivity index (χ0) is 13.3. The smallest absolute Gasteiger partial charge is 0.324 e. The molecule has 1 heterocycles. The SMILES string of the molecule is O=C1C(F)C[C@H](C(F)(F)F)N1Cc1ccccc1. The molecule has 6 heteroatoms. The third-order valence-electron chi connectivity index (χ3n) is 2.93. The molecule has 2 rings (SSSR count). The Morgan fingerprint density at radius 2 is 1.83 bits per heavy atom.